The summed E-state index contributed by atoms with van der Waals surface area (Å²) in [7, 11) is 0. The number of halogens is 1. The van der Waals surface area contributed by atoms with Crippen LogP contribution in [0.4, 0.5) is 0 Å². The first-order valence-corrected chi connectivity index (χ1v) is 8.05. The van der Waals surface area contributed by atoms with Crippen LogP contribution in [0.3, 0.4) is 0 Å². The van der Waals surface area contributed by atoms with Crippen LogP contribution in [0.2, 0.25) is 0 Å². The molecular weight excluding hydrogens is 332 g/mol. The molecule has 3 heterocycles. The van der Waals surface area contributed by atoms with Gasteiger partial charge >= 0.3 is 0 Å². The van der Waals surface area contributed by atoms with E-state index in [1.54, 1.807) is 16.7 Å². The highest BCUT2D eigenvalue weighted by Gasteiger charge is 2.19. The molecule has 2 aromatic heterocycles. The van der Waals surface area contributed by atoms with Gasteiger partial charge in [0.15, 0.2) is 0 Å². The summed E-state index contributed by atoms with van der Waals surface area (Å²) in [5, 5.41) is 0. The maximum Gasteiger partial charge on any atom is 0.258 e. The molecule has 0 bridgehead atoms. The molecule has 0 aromatic carbocycles. The molecule has 1 atom stereocenters. The standard InChI is InChI=1S/C15H19BrN4O/c16-12-3-4-14-18-13(6-15(21)20(14)9-12)10-19-5-1-2-11(7-17)8-19/h3-4,6,9,11H,1-2,5,7-8,10,17H2. The second-order valence-corrected chi connectivity index (χ2v) is 6.56. The third-order valence-corrected chi connectivity index (χ3v) is 4.47. The van der Waals surface area contributed by atoms with E-state index in [1.807, 2.05) is 12.1 Å². The summed E-state index contributed by atoms with van der Waals surface area (Å²) in [6, 6.07) is 5.39. The summed E-state index contributed by atoms with van der Waals surface area (Å²) < 4.78 is 2.43. The molecule has 5 nitrogen and oxygen atoms in total. The maximum atomic E-state index is 12.2. The molecule has 112 valence electrons. The molecule has 1 saturated heterocycles. The third-order valence-electron chi connectivity index (χ3n) is 4.00. The zero-order chi connectivity index (χ0) is 14.8. The van der Waals surface area contributed by atoms with Gasteiger partial charge in [-0.05, 0) is 59.9 Å². The number of nitrogens with two attached hydrogens (primary N) is 1. The summed E-state index contributed by atoms with van der Waals surface area (Å²) in [6.07, 6.45) is 4.12. The van der Waals surface area contributed by atoms with Crippen LogP contribution in [0.25, 0.3) is 5.65 Å². The number of fused-ring (bicyclic) bond motifs is 1. The number of piperidine rings is 1. The van der Waals surface area contributed by atoms with E-state index in [0.29, 0.717) is 11.6 Å². The average molecular weight is 351 g/mol. The van der Waals surface area contributed by atoms with Crippen LogP contribution in [0.5, 0.6) is 0 Å². The van der Waals surface area contributed by atoms with Crippen molar-refractivity contribution in [2.75, 3.05) is 19.6 Å². The average Bonchev–Trinajstić information content (AvgIpc) is 2.48. The van der Waals surface area contributed by atoms with Crippen LogP contribution in [-0.4, -0.2) is 33.9 Å². The molecule has 1 aliphatic heterocycles. The van der Waals surface area contributed by atoms with Crippen molar-refractivity contribution in [3.63, 3.8) is 0 Å². The SMILES string of the molecule is NCC1CCCN(Cc2cc(=O)n3cc(Br)ccc3n2)C1. The fourth-order valence-corrected chi connectivity index (χ4v) is 3.26. The number of likely N-dealkylation sites (tertiary alicyclic amines) is 1. The highest BCUT2D eigenvalue weighted by Crippen LogP contribution is 2.17. The molecule has 0 aliphatic carbocycles. The Morgan fingerprint density at radius 2 is 2.29 bits per heavy atom. The van der Waals surface area contributed by atoms with Crippen molar-refractivity contribution in [1.82, 2.24) is 14.3 Å². The van der Waals surface area contributed by atoms with Gasteiger partial charge in [-0.2, -0.15) is 0 Å². The first kappa shape index (κ1) is 14.7. The van der Waals surface area contributed by atoms with Crippen molar-refractivity contribution in [3.05, 3.63) is 44.9 Å². The molecule has 3 rings (SSSR count). The number of rotatable bonds is 3. The fourth-order valence-electron chi connectivity index (χ4n) is 2.92. The van der Waals surface area contributed by atoms with E-state index < -0.39 is 0 Å². The topological polar surface area (TPSA) is 63.6 Å². The molecular formula is C15H19BrN4O. The summed E-state index contributed by atoms with van der Waals surface area (Å²) in [4.78, 5) is 19.1. The van der Waals surface area contributed by atoms with E-state index >= 15 is 0 Å². The Morgan fingerprint density at radius 3 is 3.10 bits per heavy atom. The van der Waals surface area contributed by atoms with Gasteiger partial charge in [-0.3, -0.25) is 14.1 Å². The van der Waals surface area contributed by atoms with E-state index in [2.05, 4.69) is 25.8 Å². The monoisotopic (exact) mass is 350 g/mol. The first-order chi connectivity index (χ1) is 10.2. The smallest absolute Gasteiger partial charge is 0.258 e. The van der Waals surface area contributed by atoms with Crippen LogP contribution in [-0.2, 0) is 6.54 Å². The molecule has 1 fully saturated rings. The normalized spacial score (nSPS) is 20.0. The molecule has 21 heavy (non-hydrogen) atoms. The first-order valence-electron chi connectivity index (χ1n) is 7.26. The summed E-state index contributed by atoms with van der Waals surface area (Å²) in [5.74, 6) is 0.566. The lowest BCUT2D eigenvalue weighted by Gasteiger charge is -2.31. The van der Waals surface area contributed by atoms with Gasteiger partial charge in [-0.15, -0.1) is 0 Å². The van der Waals surface area contributed by atoms with Crippen molar-refractivity contribution >= 4 is 21.6 Å². The van der Waals surface area contributed by atoms with Gasteiger partial charge in [-0.25, -0.2) is 4.98 Å². The fraction of sp³-hybridized carbons (Fsp3) is 0.467. The molecule has 0 amide bonds. The molecule has 0 saturated carbocycles. The minimum atomic E-state index is -0.0383. The molecule has 1 aliphatic rings. The molecule has 2 N–H and O–H groups in total. The Kier molecular flexibility index (Phi) is 4.37. The van der Waals surface area contributed by atoms with Crippen molar-refractivity contribution in [2.45, 2.75) is 19.4 Å². The van der Waals surface area contributed by atoms with Gasteiger partial charge in [0.05, 0.1) is 5.69 Å². The maximum absolute atomic E-state index is 12.2. The van der Waals surface area contributed by atoms with Gasteiger partial charge in [-0.1, -0.05) is 0 Å². The molecule has 0 spiro atoms. The van der Waals surface area contributed by atoms with Crippen molar-refractivity contribution in [1.29, 1.82) is 0 Å². The predicted molar refractivity (Wildman–Crippen MR) is 86.2 cm³/mol. The van der Waals surface area contributed by atoms with E-state index in [0.717, 1.165) is 36.3 Å². The second kappa shape index (κ2) is 6.25. The highest BCUT2D eigenvalue weighted by molar-refractivity contribution is 9.10. The minimum absolute atomic E-state index is 0.0383. The van der Waals surface area contributed by atoms with Crippen LogP contribution in [0.15, 0.2) is 33.7 Å². The van der Waals surface area contributed by atoms with Crippen molar-refractivity contribution in [3.8, 4) is 0 Å². The molecule has 6 heteroatoms. The second-order valence-electron chi connectivity index (χ2n) is 5.64. The number of pyridine rings is 1. The van der Waals surface area contributed by atoms with E-state index in [-0.39, 0.29) is 5.56 Å². The Hall–Kier alpha value is -1.24. The minimum Gasteiger partial charge on any atom is -0.330 e. The van der Waals surface area contributed by atoms with Crippen LogP contribution >= 0.6 is 15.9 Å². The van der Waals surface area contributed by atoms with E-state index in [9.17, 15) is 4.79 Å². The van der Waals surface area contributed by atoms with Gasteiger partial charge in [0.1, 0.15) is 5.65 Å². The van der Waals surface area contributed by atoms with E-state index in [1.165, 1.54) is 12.8 Å². The summed E-state index contributed by atoms with van der Waals surface area (Å²) >= 11 is 3.37. The van der Waals surface area contributed by atoms with Crippen LogP contribution < -0.4 is 11.3 Å². The summed E-state index contributed by atoms with van der Waals surface area (Å²) in [6.45, 7) is 3.51. The van der Waals surface area contributed by atoms with Crippen LogP contribution in [0.1, 0.15) is 18.5 Å². The predicted octanol–water partition coefficient (Wildman–Crippen LogP) is 1.63. The van der Waals surface area contributed by atoms with Crippen molar-refractivity contribution < 1.29 is 0 Å². The molecule has 1 unspecified atom stereocenters. The zero-order valence-corrected chi connectivity index (χ0v) is 13.4. The van der Waals surface area contributed by atoms with Gasteiger partial charge in [0.25, 0.3) is 5.56 Å². The Morgan fingerprint density at radius 1 is 1.43 bits per heavy atom. The van der Waals surface area contributed by atoms with E-state index in [4.69, 9.17) is 5.73 Å². The number of hydrogen-bond acceptors (Lipinski definition) is 4. The zero-order valence-electron chi connectivity index (χ0n) is 11.8. The number of hydrogen-bond donors (Lipinski definition) is 1. The lowest BCUT2D eigenvalue weighted by atomic mass is 9.98. The Balaban J connectivity index is 1.84. The third kappa shape index (κ3) is 3.33. The van der Waals surface area contributed by atoms with Crippen LogP contribution in [0, 0.1) is 5.92 Å². The molecule has 0 radical (unpaired) electrons. The summed E-state index contributed by atoms with van der Waals surface area (Å²) in [5.41, 5.74) is 7.25. The quantitative estimate of drug-likeness (QED) is 0.913. The lowest BCUT2D eigenvalue weighted by molar-refractivity contribution is 0.169. The number of nitrogens with zero attached hydrogens (tertiary/aromatic N) is 3. The largest absolute Gasteiger partial charge is 0.330 e. The lowest BCUT2D eigenvalue weighted by Crippen LogP contribution is -2.38. The van der Waals surface area contributed by atoms with Gasteiger partial charge in [0.2, 0.25) is 0 Å². The van der Waals surface area contributed by atoms with Crippen molar-refractivity contribution in [2.24, 2.45) is 11.7 Å². The Bertz CT molecular complexity index is 700. The van der Waals surface area contributed by atoms with Gasteiger partial charge in [0, 0.05) is 29.8 Å². The Labute approximate surface area is 131 Å². The highest BCUT2D eigenvalue weighted by atomic mass is 79.9. The van der Waals surface area contributed by atoms with Gasteiger partial charge < -0.3 is 5.73 Å². The number of aromatic nitrogens is 2. The molecule has 2 aromatic rings.